The molecular formula is C20H20N4O3. The Bertz CT molecular complexity index is 1120. The van der Waals surface area contributed by atoms with Gasteiger partial charge < -0.3 is 9.73 Å². The standard InChI is InChI=1S/C14H9N3O2.C6H11NO/c18-14-6-5-13-15-8-10(17(13)16-14)12-7-9-3-1-2-4-11(9)19-12;1-5(8)7-6-3-2-4-6/h1-8H,(H,16,18);6H,2-4H2,1H3,(H,7,8). The van der Waals surface area contributed by atoms with Crippen LogP contribution in [-0.2, 0) is 4.79 Å². The summed E-state index contributed by atoms with van der Waals surface area (Å²) in [5, 5.41) is 6.58. The minimum Gasteiger partial charge on any atom is -0.454 e. The third kappa shape index (κ3) is 3.62. The average Bonchev–Trinajstić information content (AvgIpc) is 3.21. The molecule has 2 N–H and O–H groups in total. The van der Waals surface area contributed by atoms with Crippen molar-refractivity contribution in [3.8, 4) is 11.5 Å². The number of H-pyrrole nitrogens is 1. The van der Waals surface area contributed by atoms with Crippen molar-refractivity contribution in [2.75, 3.05) is 0 Å². The van der Waals surface area contributed by atoms with Crippen molar-refractivity contribution in [2.24, 2.45) is 0 Å². The summed E-state index contributed by atoms with van der Waals surface area (Å²) < 4.78 is 7.40. The molecule has 0 radical (unpaired) electrons. The van der Waals surface area contributed by atoms with Crippen LogP contribution in [0.1, 0.15) is 26.2 Å². The Kier molecular flexibility index (Phi) is 4.50. The number of fused-ring (bicyclic) bond motifs is 2. The van der Waals surface area contributed by atoms with E-state index in [0.717, 1.165) is 16.7 Å². The number of carbonyl (C=O) groups excluding carboxylic acids is 1. The first-order valence-electron chi connectivity index (χ1n) is 8.93. The molecule has 4 aromatic rings. The molecule has 0 saturated heterocycles. The molecule has 138 valence electrons. The minimum absolute atomic E-state index is 0.106. The number of benzene rings is 1. The van der Waals surface area contributed by atoms with Gasteiger partial charge in [0.2, 0.25) is 5.91 Å². The molecule has 1 aliphatic rings. The number of nitrogens with zero attached hydrogens (tertiary/aromatic N) is 2. The zero-order valence-corrected chi connectivity index (χ0v) is 14.9. The maximum absolute atomic E-state index is 11.4. The van der Waals surface area contributed by atoms with Crippen molar-refractivity contribution in [2.45, 2.75) is 32.2 Å². The van der Waals surface area contributed by atoms with Crippen LogP contribution in [0, 0.1) is 0 Å². The summed E-state index contributed by atoms with van der Waals surface area (Å²) in [4.78, 5) is 26.0. The summed E-state index contributed by atoms with van der Waals surface area (Å²) in [7, 11) is 0. The van der Waals surface area contributed by atoms with E-state index in [0.29, 0.717) is 17.4 Å². The lowest BCUT2D eigenvalue weighted by Crippen LogP contribution is -2.37. The third-order valence-corrected chi connectivity index (χ3v) is 4.59. The van der Waals surface area contributed by atoms with E-state index in [4.69, 9.17) is 4.42 Å². The number of hydrogen-bond acceptors (Lipinski definition) is 4. The van der Waals surface area contributed by atoms with Gasteiger partial charge in [-0.25, -0.2) is 9.50 Å². The van der Waals surface area contributed by atoms with Crippen LogP contribution in [0.2, 0.25) is 0 Å². The van der Waals surface area contributed by atoms with E-state index in [2.05, 4.69) is 15.4 Å². The van der Waals surface area contributed by atoms with Crippen LogP contribution in [0.3, 0.4) is 0 Å². The quantitative estimate of drug-likeness (QED) is 0.572. The van der Waals surface area contributed by atoms with E-state index in [1.165, 1.54) is 25.3 Å². The van der Waals surface area contributed by atoms with Crippen LogP contribution in [0.4, 0.5) is 0 Å². The first-order valence-corrected chi connectivity index (χ1v) is 8.93. The number of amides is 1. The molecule has 27 heavy (non-hydrogen) atoms. The fourth-order valence-corrected chi connectivity index (χ4v) is 3.02. The second-order valence-corrected chi connectivity index (χ2v) is 6.62. The number of hydrogen-bond donors (Lipinski definition) is 2. The minimum atomic E-state index is -0.178. The Labute approximate surface area is 155 Å². The number of imidazole rings is 1. The zero-order valence-electron chi connectivity index (χ0n) is 14.9. The molecule has 1 aliphatic carbocycles. The van der Waals surface area contributed by atoms with E-state index in [1.807, 2.05) is 30.3 Å². The predicted octanol–water partition coefficient (Wildman–Crippen LogP) is 3.11. The van der Waals surface area contributed by atoms with Gasteiger partial charge in [-0.15, -0.1) is 0 Å². The van der Waals surface area contributed by atoms with Crippen LogP contribution in [0.25, 0.3) is 28.1 Å². The number of furan rings is 1. The highest BCUT2D eigenvalue weighted by molar-refractivity contribution is 5.82. The topological polar surface area (TPSA) is 92.4 Å². The largest absolute Gasteiger partial charge is 0.454 e. The molecular weight excluding hydrogens is 344 g/mol. The van der Waals surface area contributed by atoms with Gasteiger partial charge in [0.05, 0.1) is 6.20 Å². The molecule has 0 spiro atoms. The van der Waals surface area contributed by atoms with Crippen molar-refractivity contribution < 1.29 is 9.21 Å². The van der Waals surface area contributed by atoms with Gasteiger partial charge in [-0.2, -0.15) is 0 Å². The molecule has 3 heterocycles. The van der Waals surface area contributed by atoms with E-state index < -0.39 is 0 Å². The molecule has 1 fully saturated rings. The second-order valence-electron chi connectivity index (χ2n) is 6.62. The lowest BCUT2D eigenvalue weighted by molar-refractivity contribution is -0.120. The van der Waals surface area contributed by atoms with Crippen LogP contribution in [0.15, 0.2) is 57.9 Å². The first-order chi connectivity index (χ1) is 13.1. The molecule has 0 aliphatic heterocycles. The monoisotopic (exact) mass is 364 g/mol. The molecule has 0 atom stereocenters. The van der Waals surface area contributed by atoms with Crippen LogP contribution in [0.5, 0.6) is 0 Å². The maximum atomic E-state index is 11.4. The van der Waals surface area contributed by atoms with E-state index in [1.54, 1.807) is 23.7 Å². The summed E-state index contributed by atoms with van der Waals surface area (Å²) in [6.07, 6.45) is 5.33. The van der Waals surface area contributed by atoms with Crippen LogP contribution >= 0.6 is 0 Å². The van der Waals surface area contributed by atoms with E-state index in [-0.39, 0.29) is 11.5 Å². The highest BCUT2D eigenvalue weighted by Crippen LogP contribution is 2.27. The normalized spacial score (nSPS) is 13.8. The summed E-state index contributed by atoms with van der Waals surface area (Å²) in [6, 6.07) is 13.3. The highest BCUT2D eigenvalue weighted by Gasteiger charge is 2.17. The fourth-order valence-electron chi connectivity index (χ4n) is 3.02. The van der Waals surface area contributed by atoms with Crippen molar-refractivity contribution in [1.82, 2.24) is 19.9 Å². The average molecular weight is 364 g/mol. The Morgan fingerprint density at radius 1 is 1.26 bits per heavy atom. The van der Waals surface area contributed by atoms with Gasteiger partial charge in [-0.3, -0.25) is 14.7 Å². The molecule has 1 aromatic carbocycles. The molecule has 1 amide bonds. The molecule has 0 bridgehead atoms. The lowest BCUT2D eigenvalue weighted by Gasteiger charge is -2.25. The summed E-state index contributed by atoms with van der Waals surface area (Å²) in [6.45, 7) is 1.57. The van der Waals surface area contributed by atoms with Gasteiger partial charge in [-0.05, 0) is 37.5 Å². The summed E-state index contributed by atoms with van der Waals surface area (Å²) in [5.41, 5.74) is 2.03. The van der Waals surface area contributed by atoms with Crippen LogP contribution < -0.4 is 10.9 Å². The molecule has 3 aromatic heterocycles. The van der Waals surface area contributed by atoms with Gasteiger partial charge in [0.1, 0.15) is 11.3 Å². The van der Waals surface area contributed by atoms with Crippen molar-refractivity contribution in [3.63, 3.8) is 0 Å². The zero-order chi connectivity index (χ0) is 18.8. The smallest absolute Gasteiger partial charge is 0.263 e. The van der Waals surface area contributed by atoms with Crippen LogP contribution in [-0.4, -0.2) is 26.5 Å². The molecule has 0 unspecified atom stereocenters. The van der Waals surface area contributed by atoms with E-state index in [9.17, 15) is 9.59 Å². The van der Waals surface area contributed by atoms with Crippen molar-refractivity contribution in [3.05, 3.63) is 59.0 Å². The lowest BCUT2D eigenvalue weighted by atomic mass is 9.93. The summed E-state index contributed by atoms with van der Waals surface area (Å²) in [5.74, 6) is 0.783. The Balaban J connectivity index is 0.000000190. The van der Waals surface area contributed by atoms with E-state index >= 15 is 0 Å². The fraction of sp³-hybridized carbons (Fsp3) is 0.250. The number of carbonyl (C=O) groups is 1. The highest BCUT2D eigenvalue weighted by atomic mass is 16.3. The first kappa shape index (κ1) is 17.1. The Hall–Kier alpha value is -3.35. The van der Waals surface area contributed by atoms with Gasteiger partial charge in [0.25, 0.3) is 5.56 Å². The number of aromatic amines is 1. The van der Waals surface area contributed by atoms with Crippen molar-refractivity contribution in [1.29, 1.82) is 0 Å². The Morgan fingerprint density at radius 3 is 2.74 bits per heavy atom. The predicted molar refractivity (Wildman–Crippen MR) is 102 cm³/mol. The Morgan fingerprint density at radius 2 is 2.07 bits per heavy atom. The third-order valence-electron chi connectivity index (χ3n) is 4.59. The molecule has 7 nitrogen and oxygen atoms in total. The van der Waals surface area contributed by atoms with Gasteiger partial charge in [0, 0.05) is 24.4 Å². The second kappa shape index (κ2) is 7.11. The van der Waals surface area contributed by atoms with Gasteiger partial charge in [0.15, 0.2) is 11.4 Å². The number of nitrogens with one attached hydrogen (secondary N) is 2. The molecule has 5 rings (SSSR count). The summed E-state index contributed by atoms with van der Waals surface area (Å²) >= 11 is 0. The van der Waals surface area contributed by atoms with Gasteiger partial charge >= 0.3 is 0 Å². The maximum Gasteiger partial charge on any atom is 0.263 e. The number of aromatic nitrogens is 3. The number of para-hydroxylation sites is 1. The molecule has 1 saturated carbocycles. The number of rotatable bonds is 2. The van der Waals surface area contributed by atoms with Crippen molar-refractivity contribution >= 4 is 22.5 Å². The van der Waals surface area contributed by atoms with Gasteiger partial charge in [-0.1, -0.05) is 18.2 Å². The SMILES string of the molecule is CC(=O)NC1CCC1.O=c1ccc2ncc(-c3cc4ccccc4o3)n2[nH]1. The molecule has 7 heteroatoms.